The summed E-state index contributed by atoms with van der Waals surface area (Å²) < 4.78 is 0. The minimum absolute atomic E-state index is 0.0181. The van der Waals surface area contributed by atoms with Crippen molar-refractivity contribution in [1.82, 2.24) is 5.32 Å². The molecule has 4 aliphatic carbocycles. The number of rotatable bonds is 10. The summed E-state index contributed by atoms with van der Waals surface area (Å²) in [6, 6.07) is -0.844. The van der Waals surface area contributed by atoms with Crippen molar-refractivity contribution in [3.05, 3.63) is 0 Å². The predicted octanol–water partition coefficient (Wildman–Crippen LogP) is 3.06. The number of fused-ring (bicyclic) bond motifs is 5. The zero-order valence-electron chi connectivity index (χ0n) is 23.6. The van der Waals surface area contributed by atoms with Crippen LogP contribution < -0.4 is 11.1 Å². The molecule has 0 heterocycles. The van der Waals surface area contributed by atoms with Crippen LogP contribution in [0.25, 0.3) is 0 Å². The lowest BCUT2D eigenvalue weighted by atomic mass is 9.43. The van der Waals surface area contributed by atoms with Gasteiger partial charge < -0.3 is 31.5 Å². The highest BCUT2D eigenvalue weighted by molar-refractivity contribution is 5.75. The normalized spacial score (nSPS) is 43.9. The summed E-state index contributed by atoms with van der Waals surface area (Å²) >= 11 is 0. The first-order valence-electron chi connectivity index (χ1n) is 15.2. The number of aliphatic hydroxyl groups excluding tert-OH is 3. The van der Waals surface area contributed by atoms with Crippen molar-refractivity contribution in [2.75, 3.05) is 6.54 Å². The van der Waals surface area contributed by atoms with Gasteiger partial charge >= 0.3 is 5.97 Å². The first-order valence-corrected chi connectivity index (χ1v) is 15.2. The Hall–Kier alpha value is -1.22. The van der Waals surface area contributed by atoms with Gasteiger partial charge in [-0.1, -0.05) is 20.8 Å². The van der Waals surface area contributed by atoms with E-state index in [-0.39, 0.29) is 40.8 Å². The smallest absolute Gasteiger partial charge is 0.320 e. The molecule has 1 amide bonds. The number of carboxylic acid groups (broad SMARTS) is 1. The van der Waals surface area contributed by atoms with Gasteiger partial charge in [-0.25, -0.2) is 0 Å². The van der Waals surface area contributed by atoms with E-state index < -0.39 is 18.1 Å². The van der Waals surface area contributed by atoms with E-state index in [0.717, 1.165) is 51.4 Å². The molecule has 7 N–H and O–H groups in total. The van der Waals surface area contributed by atoms with Crippen LogP contribution in [0.4, 0.5) is 0 Å². The van der Waals surface area contributed by atoms with E-state index in [2.05, 4.69) is 26.1 Å². The second-order valence-electron chi connectivity index (χ2n) is 13.8. The lowest BCUT2D eigenvalue weighted by Crippen LogP contribution is -2.62. The maximum absolute atomic E-state index is 12.5. The molecule has 38 heavy (non-hydrogen) atoms. The van der Waals surface area contributed by atoms with E-state index in [4.69, 9.17) is 10.8 Å². The highest BCUT2D eigenvalue weighted by atomic mass is 16.4. The van der Waals surface area contributed by atoms with E-state index >= 15 is 0 Å². The van der Waals surface area contributed by atoms with E-state index in [1.807, 2.05) is 0 Å². The maximum atomic E-state index is 12.5. The largest absolute Gasteiger partial charge is 0.480 e. The molecule has 0 saturated heterocycles. The van der Waals surface area contributed by atoms with Gasteiger partial charge in [-0.15, -0.1) is 0 Å². The number of aliphatic hydroxyl groups is 3. The number of nitrogens with two attached hydrogens (primary N) is 1. The highest BCUT2D eigenvalue weighted by Crippen LogP contribution is 2.68. The monoisotopic (exact) mass is 536 g/mol. The molecule has 4 aliphatic rings. The zero-order chi connectivity index (χ0) is 27.8. The fourth-order valence-electron chi connectivity index (χ4n) is 9.62. The molecule has 0 bridgehead atoms. The van der Waals surface area contributed by atoms with Gasteiger partial charge in [0.25, 0.3) is 0 Å². The summed E-state index contributed by atoms with van der Waals surface area (Å²) in [6.07, 6.45) is 8.06. The van der Waals surface area contributed by atoms with Crippen molar-refractivity contribution in [2.24, 2.45) is 52.1 Å². The molecule has 8 heteroatoms. The average molecular weight is 537 g/mol. The molecule has 4 rings (SSSR count). The van der Waals surface area contributed by atoms with Gasteiger partial charge in [0, 0.05) is 13.0 Å². The van der Waals surface area contributed by atoms with Crippen LogP contribution in [-0.2, 0) is 9.59 Å². The number of aliphatic carboxylic acids is 1. The second kappa shape index (κ2) is 11.7. The van der Waals surface area contributed by atoms with Crippen LogP contribution in [0.2, 0.25) is 0 Å². The maximum Gasteiger partial charge on any atom is 0.320 e. The third-order valence-electron chi connectivity index (χ3n) is 11.9. The fraction of sp³-hybridized carbons (Fsp3) is 0.933. The Kier molecular flexibility index (Phi) is 9.17. The number of carboxylic acids is 1. The van der Waals surface area contributed by atoms with Crippen molar-refractivity contribution >= 4 is 11.9 Å². The molecule has 8 nitrogen and oxygen atoms in total. The summed E-state index contributed by atoms with van der Waals surface area (Å²) in [4.78, 5) is 23.3. The Balaban J connectivity index is 1.32. The summed E-state index contributed by atoms with van der Waals surface area (Å²) in [7, 11) is 0. The molecule has 0 aromatic heterocycles. The number of hydrogen-bond acceptors (Lipinski definition) is 6. The number of carbonyl (C=O) groups is 2. The number of amides is 1. The molecule has 218 valence electrons. The van der Waals surface area contributed by atoms with Gasteiger partial charge in [0.1, 0.15) is 6.04 Å². The van der Waals surface area contributed by atoms with Crippen LogP contribution in [0.3, 0.4) is 0 Å². The Morgan fingerprint density at radius 3 is 2.45 bits per heavy atom. The van der Waals surface area contributed by atoms with Crippen molar-refractivity contribution in [3.8, 4) is 0 Å². The molecular weight excluding hydrogens is 484 g/mol. The molecule has 0 unspecified atom stereocenters. The average Bonchev–Trinajstić information content (AvgIpc) is 3.22. The topological polar surface area (TPSA) is 153 Å². The molecule has 0 aromatic rings. The summed E-state index contributed by atoms with van der Waals surface area (Å²) in [6.45, 7) is 7.35. The van der Waals surface area contributed by atoms with Crippen LogP contribution in [0.5, 0.6) is 0 Å². The number of unbranched alkanes of at least 4 members (excludes halogenated alkanes) is 1. The second-order valence-corrected chi connectivity index (χ2v) is 13.8. The van der Waals surface area contributed by atoms with Gasteiger partial charge in [0.2, 0.25) is 5.91 Å². The van der Waals surface area contributed by atoms with Gasteiger partial charge in [-0.2, -0.15) is 0 Å². The molecule has 0 spiro atoms. The third kappa shape index (κ3) is 5.52. The van der Waals surface area contributed by atoms with E-state index in [1.54, 1.807) is 0 Å². The Bertz CT molecular complexity index is 855. The van der Waals surface area contributed by atoms with Gasteiger partial charge in [-0.3, -0.25) is 9.59 Å². The van der Waals surface area contributed by atoms with Crippen LogP contribution >= 0.6 is 0 Å². The van der Waals surface area contributed by atoms with Crippen molar-refractivity contribution in [2.45, 2.75) is 122 Å². The van der Waals surface area contributed by atoms with Gasteiger partial charge in [0.15, 0.2) is 0 Å². The zero-order valence-corrected chi connectivity index (χ0v) is 23.6. The van der Waals surface area contributed by atoms with Crippen molar-refractivity contribution in [3.63, 3.8) is 0 Å². The summed E-state index contributed by atoms with van der Waals surface area (Å²) in [5, 5.41) is 45.2. The molecule has 4 fully saturated rings. The minimum Gasteiger partial charge on any atom is -0.480 e. The van der Waals surface area contributed by atoms with E-state index in [1.165, 1.54) is 0 Å². The van der Waals surface area contributed by atoms with Gasteiger partial charge in [0.05, 0.1) is 18.3 Å². The first kappa shape index (κ1) is 29.8. The SMILES string of the molecule is C[C@H](CCC(=O)NCCCC[C@@H](N)C(=O)O)[C@H]1CC[C@H]2[C@@H]3[C@H](O)C[C@@H]4C[C@H](O)CC[C@]4(C)[C@H]3C[C@H](O)[C@]12C. The molecule has 12 atom stereocenters. The van der Waals surface area contributed by atoms with Crippen LogP contribution in [0, 0.1) is 46.3 Å². The predicted molar refractivity (Wildman–Crippen MR) is 145 cm³/mol. The Morgan fingerprint density at radius 1 is 1.00 bits per heavy atom. The summed E-state index contributed by atoms with van der Waals surface area (Å²) in [5.41, 5.74) is 5.35. The van der Waals surface area contributed by atoms with E-state index in [9.17, 15) is 24.9 Å². The molecule has 0 aromatic carbocycles. The lowest BCUT2D eigenvalue weighted by Gasteiger charge is -2.63. The molecule has 4 saturated carbocycles. The number of hydrogen-bond donors (Lipinski definition) is 6. The quantitative estimate of drug-likeness (QED) is 0.235. The van der Waals surface area contributed by atoms with Crippen LogP contribution in [-0.4, -0.2) is 63.2 Å². The van der Waals surface area contributed by atoms with Crippen LogP contribution in [0.1, 0.15) is 97.8 Å². The molecular formula is C30H52N2O6. The Labute approximate surface area is 228 Å². The van der Waals surface area contributed by atoms with Gasteiger partial charge in [-0.05, 0) is 117 Å². The van der Waals surface area contributed by atoms with Crippen LogP contribution in [0.15, 0.2) is 0 Å². The minimum atomic E-state index is -0.991. The number of nitrogens with one attached hydrogen (secondary N) is 1. The number of carbonyl (C=O) groups excluding carboxylic acids is 1. The third-order valence-corrected chi connectivity index (χ3v) is 11.9. The molecule has 0 aliphatic heterocycles. The lowest BCUT2D eigenvalue weighted by molar-refractivity contribution is -0.207. The first-order chi connectivity index (χ1) is 17.9. The fourth-order valence-corrected chi connectivity index (χ4v) is 9.62. The molecule has 0 radical (unpaired) electrons. The summed E-state index contributed by atoms with van der Waals surface area (Å²) in [5.74, 6) is 0.747. The Morgan fingerprint density at radius 2 is 1.74 bits per heavy atom. The van der Waals surface area contributed by atoms with Crippen molar-refractivity contribution in [1.29, 1.82) is 0 Å². The van der Waals surface area contributed by atoms with E-state index in [0.29, 0.717) is 55.9 Å². The highest BCUT2D eigenvalue weighted by Gasteiger charge is 2.65. The standard InChI is InChI=1S/C30H52N2O6/c1-17(7-10-26(36)32-13-5-4-6-23(31)28(37)38)20-8-9-21-27-22(16-25(35)30(20,21)3)29(2)12-11-19(33)14-18(29)15-24(27)34/h17-25,27,33-35H,4-16,31H2,1-3H3,(H,32,36)(H,37,38)/t17-,18+,19-,20-,21+,22+,23-,24-,25+,27+,29+,30-/m1/s1. The van der Waals surface area contributed by atoms with Crippen molar-refractivity contribution < 1.29 is 30.0 Å².